The Hall–Kier alpha value is -1.09. The van der Waals surface area contributed by atoms with E-state index in [2.05, 4.69) is 20.3 Å². The van der Waals surface area contributed by atoms with Crippen molar-refractivity contribution in [2.75, 3.05) is 30.2 Å². The van der Waals surface area contributed by atoms with Crippen LogP contribution in [0.15, 0.2) is 23.2 Å². The maximum atomic E-state index is 14.1. The van der Waals surface area contributed by atoms with Gasteiger partial charge in [-0.2, -0.15) is 4.39 Å². The van der Waals surface area contributed by atoms with Gasteiger partial charge in [-0.25, -0.2) is 9.37 Å². The summed E-state index contributed by atoms with van der Waals surface area (Å²) in [4.78, 5) is 4.13. The van der Waals surface area contributed by atoms with Crippen molar-refractivity contribution in [3.8, 4) is 0 Å². The molecule has 23 heavy (non-hydrogen) atoms. The zero-order valence-electron chi connectivity index (χ0n) is 12.5. The molecule has 2 rings (SSSR count). The lowest BCUT2D eigenvalue weighted by Gasteiger charge is -2.11. The lowest BCUT2D eigenvalue weighted by molar-refractivity contribution is 0.602. The molecule has 0 amide bonds. The number of nitrogens with zero attached hydrogens (tertiary/aromatic N) is 1. The molecule has 2 aromatic rings. The first kappa shape index (κ1) is 18.3. The fourth-order valence-corrected chi connectivity index (χ4v) is 3.36. The van der Waals surface area contributed by atoms with Gasteiger partial charge in [0.25, 0.3) is 0 Å². The van der Waals surface area contributed by atoms with Crippen LogP contribution >= 0.6 is 34.9 Å². The van der Waals surface area contributed by atoms with Crippen LogP contribution in [0.4, 0.5) is 19.6 Å². The van der Waals surface area contributed by atoms with E-state index >= 15 is 0 Å². The summed E-state index contributed by atoms with van der Waals surface area (Å²) >= 11 is 8.03. The minimum absolute atomic E-state index is 0.325. The van der Waals surface area contributed by atoms with Gasteiger partial charge in [0.05, 0.1) is 21.8 Å². The van der Waals surface area contributed by atoms with Gasteiger partial charge in [-0.1, -0.05) is 22.9 Å². The summed E-state index contributed by atoms with van der Waals surface area (Å²) in [6.45, 7) is 1.67. The zero-order valence-corrected chi connectivity index (χ0v) is 14.8. The van der Waals surface area contributed by atoms with E-state index in [1.807, 2.05) is 7.05 Å². The molecule has 1 aromatic heterocycles. The highest BCUT2D eigenvalue weighted by Gasteiger charge is 2.10. The quantitative estimate of drug-likeness (QED) is 0.439. The van der Waals surface area contributed by atoms with Gasteiger partial charge < -0.3 is 15.4 Å². The Morgan fingerprint density at radius 2 is 2.04 bits per heavy atom. The van der Waals surface area contributed by atoms with E-state index in [4.69, 9.17) is 11.6 Å². The highest BCUT2D eigenvalue weighted by molar-refractivity contribution is 8.00. The molecule has 9 heteroatoms. The molecule has 0 unspecified atom stereocenters. The van der Waals surface area contributed by atoms with Crippen molar-refractivity contribution < 1.29 is 8.78 Å². The van der Waals surface area contributed by atoms with E-state index in [1.165, 1.54) is 12.1 Å². The lowest BCUT2D eigenvalue weighted by Crippen LogP contribution is -2.10. The Morgan fingerprint density at radius 1 is 1.26 bits per heavy atom. The standard InChI is InChI=1S/C14H17ClF2N4S2/c1-18-4-2-3-5-19-11-7-10(16)12(6-9(11)15)23-21-14-20-8-13(17)22-14/h6-8,18-19H,2-5H2,1H3,(H,20,21). The number of thiazole rings is 1. The smallest absolute Gasteiger partial charge is 0.198 e. The second-order valence-corrected chi connectivity index (χ2v) is 6.91. The first-order valence-electron chi connectivity index (χ1n) is 7.02. The fraction of sp³-hybridized carbons (Fsp3) is 0.357. The van der Waals surface area contributed by atoms with E-state index in [0.29, 0.717) is 20.7 Å². The van der Waals surface area contributed by atoms with Gasteiger partial charge in [0.2, 0.25) is 0 Å². The van der Waals surface area contributed by atoms with Crippen molar-refractivity contribution in [1.82, 2.24) is 10.3 Å². The Morgan fingerprint density at radius 3 is 2.74 bits per heavy atom. The summed E-state index contributed by atoms with van der Waals surface area (Å²) < 4.78 is 29.7. The van der Waals surface area contributed by atoms with E-state index in [0.717, 1.165) is 55.4 Å². The molecular weight excluding hydrogens is 362 g/mol. The molecule has 0 spiro atoms. The summed E-state index contributed by atoms with van der Waals surface area (Å²) in [7, 11) is 1.91. The molecule has 4 nitrogen and oxygen atoms in total. The first-order valence-corrected chi connectivity index (χ1v) is 9.03. The van der Waals surface area contributed by atoms with E-state index in [-0.39, 0.29) is 0 Å². The van der Waals surface area contributed by atoms with Gasteiger partial charge in [0, 0.05) is 6.54 Å². The van der Waals surface area contributed by atoms with Gasteiger partial charge in [0.1, 0.15) is 5.82 Å². The normalized spacial score (nSPS) is 10.8. The number of hydrogen-bond donors (Lipinski definition) is 3. The van der Waals surface area contributed by atoms with Crippen LogP contribution in [0.3, 0.4) is 0 Å². The highest BCUT2D eigenvalue weighted by atomic mass is 35.5. The number of rotatable bonds is 9. The van der Waals surface area contributed by atoms with E-state index in [1.54, 1.807) is 0 Å². The summed E-state index contributed by atoms with van der Waals surface area (Å²) in [5.74, 6) is -0.401. The van der Waals surface area contributed by atoms with Crippen LogP contribution in [0.1, 0.15) is 12.8 Å². The number of hydrogen-bond acceptors (Lipinski definition) is 6. The Bertz CT molecular complexity index is 639. The van der Waals surface area contributed by atoms with Crippen molar-refractivity contribution in [3.63, 3.8) is 0 Å². The third-order valence-electron chi connectivity index (χ3n) is 2.92. The zero-order chi connectivity index (χ0) is 16.7. The Kier molecular flexibility index (Phi) is 7.35. The van der Waals surface area contributed by atoms with Crippen LogP contribution in [0.25, 0.3) is 0 Å². The second kappa shape index (κ2) is 9.27. The predicted molar refractivity (Wildman–Crippen MR) is 94.6 cm³/mol. The minimum atomic E-state index is -0.401. The molecule has 0 saturated heterocycles. The van der Waals surface area contributed by atoms with Gasteiger partial charge in [-0.15, -0.1) is 0 Å². The number of unbranched alkanes of at least 4 members (excludes halogenated alkanes) is 1. The van der Waals surface area contributed by atoms with Crippen LogP contribution in [-0.4, -0.2) is 25.1 Å². The number of halogens is 3. The predicted octanol–water partition coefficient (Wildman–Crippen LogP) is 4.61. The molecule has 0 saturated carbocycles. The van der Waals surface area contributed by atoms with Crippen molar-refractivity contribution in [2.45, 2.75) is 17.7 Å². The minimum Gasteiger partial charge on any atom is -0.384 e. The maximum Gasteiger partial charge on any atom is 0.198 e. The van der Waals surface area contributed by atoms with Crippen molar-refractivity contribution in [1.29, 1.82) is 0 Å². The van der Waals surface area contributed by atoms with Gasteiger partial charge >= 0.3 is 0 Å². The van der Waals surface area contributed by atoms with E-state index < -0.39 is 10.9 Å². The average Bonchev–Trinajstić information content (AvgIpc) is 2.94. The molecule has 0 atom stereocenters. The number of benzene rings is 1. The molecule has 1 heterocycles. The molecular formula is C14H17ClF2N4S2. The second-order valence-electron chi connectivity index (χ2n) is 4.67. The van der Waals surface area contributed by atoms with Crippen LogP contribution < -0.4 is 15.4 Å². The average molecular weight is 379 g/mol. The molecule has 0 aliphatic carbocycles. The largest absolute Gasteiger partial charge is 0.384 e. The third kappa shape index (κ3) is 5.80. The van der Waals surface area contributed by atoms with E-state index in [9.17, 15) is 8.78 Å². The van der Waals surface area contributed by atoms with Crippen molar-refractivity contribution in [2.24, 2.45) is 0 Å². The topological polar surface area (TPSA) is 49.0 Å². The SMILES string of the molecule is CNCCCCNc1cc(F)c(SNc2ncc(F)s2)cc1Cl. The van der Waals surface area contributed by atoms with Crippen LogP contribution in [-0.2, 0) is 0 Å². The van der Waals surface area contributed by atoms with Crippen LogP contribution in [0, 0.1) is 10.9 Å². The monoisotopic (exact) mass is 378 g/mol. The number of nitrogens with one attached hydrogen (secondary N) is 3. The number of anilines is 2. The molecule has 0 aliphatic rings. The summed E-state index contributed by atoms with van der Waals surface area (Å²) in [5.41, 5.74) is 0.568. The molecule has 0 fully saturated rings. The summed E-state index contributed by atoms with van der Waals surface area (Å²) in [6.07, 6.45) is 3.11. The van der Waals surface area contributed by atoms with Gasteiger partial charge in [-0.3, -0.25) is 0 Å². The summed E-state index contributed by atoms with van der Waals surface area (Å²) in [6, 6.07) is 2.90. The first-order chi connectivity index (χ1) is 11.1. The Labute approximate surface area is 147 Å². The third-order valence-corrected chi connectivity index (χ3v) is 4.89. The Balaban J connectivity index is 1.91. The van der Waals surface area contributed by atoms with Crippen LogP contribution in [0.5, 0.6) is 0 Å². The van der Waals surface area contributed by atoms with Gasteiger partial charge in [0.15, 0.2) is 10.3 Å². The summed E-state index contributed by atoms with van der Waals surface area (Å²) in [5, 5.41) is 6.61. The fourth-order valence-electron chi connectivity index (χ4n) is 1.79. The molecule has 0 radical (unpaired) electrons. The van der Waals surface area contributed by atoms with Crippen LogP contribution in [0.2, 0.25) is 5.02 Å². The van der Waals surface area contributed by atoms with Gasteiger partial charge in [-0.05, 0) is 50.5 Å². The molecule has 0 bridgehead atoms. The maximum absolute atomic E-state index is 14.1. The highest BCUT2D eigenvalue weighted by Crippen LogP contribution is 2.32. The molecule has 1 aromatic carbocycles. The molecule has 126 valence electrons. The van der Waals surface area contributed by atoms with Crippen molar-refractivity contribution in [3.05, 3.63) is 34.3 Å². The lowest BCUT2D eigenvalue weighted by atomic mass is 10.2. The van der Waals surface area contributed by atoms with Crippen molar-refractivity contribution >= 4 is 45.7 Å². The molecule has 0 aliphatic heterocycles. The number of aromatic nitrogens is 1. The molecule has 3 N–H and O–H groups in total.